The summed E-state index contributed by atoms with van der Waals surface area (Å²) >= 11 is 9.94. The van der Waals surface area contributed by atoms with Crippen molar-refractivity contribution in [3.8, 4) is 17.2 Å². The number of benzene rings is 3. The maximum absolute atomic E-state index is 12.4. The minimum absolute atomic E-state index is 0.0164. The van der Waals surface area contributed by atoms with Gasteiger partial charge in [0.05, 0.1) is 94.1 Å². The number of nitrogens with zero attached hydrogens (tertiary/aromatic N) is 2. The zero-order chi connectivity index (χ0) is 51.5. The van der Waals surface area contributed by atoms with E-state index >= 15 is 0 Å². The molecule has 382 valence electrons. The smallest absolute Gasteiger partial charge is 0.311 e. The molecule has 70 heavy (non-hydrogen) atoms. The number of rotatable bonds is 13. The lowest BCUT2D eigenvalue weighted by Gasteiger charge is -2.31. The van der Waals surface area contributed by atoms with Crippen molar-refractivity contribution in [2.45, 2.75) is 115 Å². The molecule has 0 bridgehead atoms. The van der Waals surface area contributed by atoms with Crippen LogP contribution in [0.1, 0.15) is 136 Å². The number of allylic oxidation sites excluding steroid dienone is 1. The Morgan fingerprint density at radius 1 is 0.700 bits per heavy atom. The van der Waals surface area contributed by atoms with Gasteiger partial charge in [-0.2, -0.15) is 0 Å². The van der Waals surface area contributed by atoms with E-state index in [-0.39, 0.29) is 40.1 Å². The highest BCUT2D eigenvalue weighted by molar-refractivity contribution is 9.11. The number of aliphatic hydroxyl groups excluding tert-OH is 1. The number of nitro groups is 2. The number of ether oxygens (including phenoxy) is 5. The molecule has 0 radical (unpaired) electrons. The maximum Gasteiger partial charge on any atom is 0.311 e. The third-order valence-electron chi connectivity index (χ3n) is 13.3. The van der Waals surface area contributed by atoms with E-state index in [0.29, 0.717) is 51.4 Å². The molecule has 0 heterocycles. The minimum Gasteiger partial charge on any atom is -0.496 e. The average molecular weight is 1170 g/mol. The number of ketones is 1. The second-order valence-electron chi connectivity index (χ2n) is 17.6. The molecule has 3 saturated carbocycles. The van der Waals surface area contributed by atoms with Gasteiger partial charge in [-0.15, -0.1) is 0 Å². The van der Waals surface area contributed by atoms with Crippen LogP contribution in [0.3, 0.4) is 0 Å². The molecule has 3 aromatic carbocycles. The van der Waals surface area contributed by atoms with Gasteiger partial charge >= 0.3 is 11.9 Å². The number of hydrogen-bond acceptors (Lipinski definition) is 14. The molecule has 4 aliphatic carbocycles. The highest BCUT2D eigenvalue weighted by Gasteiger charge is 2.40. The fourth-order valence-electron chi connectivity index (χ4n) is 9.53. The number of aliphatic hydroxyl groups is 1. The first-order chi connectivity index (χ1) is 33.5. The lowest BCUT2D eigenvalue weighted by molar-refractivity contribution is -0.386. The zero-order valence-corrected chi connectivity index (χ0v) is 45.1. The summed E-state index contributed by atoms with van der Waals surface area (Å²) in [5.74, 6) is 1.32. The Labute approximate surface area is 434 Å². The van der Waals surface area contributed by atoms with E-state index in [0.717, 1.165) is 59.0 Å². The first kappa shape index (κ1) is 57.9. The largest absolute Gasteiger partial charge is 0.496 e. The van der Waals surface area contributed by atoms with Crippen molar-refractivity contribution < 1.29 is 57.8 Å². The SMILES string of the molecule is COC(=O)C(C1CCCCC1)C(O)c1cc(Br)c(OC)cc1[N+](=O)[O-].COC(=O)CC1CCCCC1.COc1cc([N+](=O)[O-])c(C=O)cc1Br.COc1cc2c(cc1Br)C=C(C1CCCCC1)C(=O)C2. The van der Waals surface area contributed by atoms with Gasteiger partial charge in [0.15, 0.2) is 12.1 Å². The summed E-state index contributed by atoms with van der Waals surface area (Å²) in [6.45, 7) is 0. The predicted octanol–water partition coefficient (Wildman–Crippen LogP) is 12.6. The van der Waals surface area contributed by atoms with Crippen molar-refractivity contribution in [1.29, 1.82) is 0 Å². The molecule has 2 unspecified atom stereocenters. The highest BCUT2D eigenvalue weighted by atomic mass is 79.9. The number of carbonyl (C=O) groups is 4. The molecule has 0 saturated heterocycles. The summed E-state index contributed by atoms with van der Waals surface area (Å²) in [4.78, 5) is 66.9. The van der Waals surface area contributed by atoms with Crippen molar-refractivity contribution in [3.63, 3.8) is 0 Å². The van der Waals surface area contributed by atoms with Crippen LogP contribution in [-0.2, 0) is 30.3 Å². The van der Waals surface area contributed by atoms with Gasteiger partial charge in [0, 0.05) is 12.8 Å². The number of halogens is 3. The van der Waals surface area contributed by atoms with Gasteiger partial charge in [0.2, 0.25) is 0 Å². The van der Waals surface area contributed by atoms with Crippen molar-refractivity contribution in [3.05, 3.63) is 97.9 Å². The molecule has 16 nitrogen and oxygen atoms in total. The van der Waals surface area contributed by atoms with E-state index in [1.807, 2.05) is 6.07 Å². The van der Waals surface area contributed by atoms with E-state index in [1.165, 1.54) is 117 Å². The van der Waals surface area contributed by atoms with E-state index < -0.39 is 27.8 Å². The topological polar surface area (TPSA) is 221 Å². The summed E-state index contributed by atoms with van der Waals surface area (Å²) in [5, 5.41) is 32.9. The van der Waals surface area contributed by atoms with Crippen molar-refractivity contribution in [2.24, 2.45) is 23.7 Å². The Kier molecular flexibility index (Phi) is 23.9. The lowest BCUT2D eigenvalue weighted by Crippen LogP contribution is -2.32. The van der Waals surface area contributed by atoms with Gasteiger partial charge in [-0.3, -0.25) is 39.4 Å². The van der Waals surface area contributed by atoms with Crippen molar-refractivity contribution in [1.82, 2.24) is 0 Å². The number of aldehydes is 1. The van der Waals surface area contributed by atoms with E-state index in [4.69, 9.17) is 18.9 Å². The fraction of sp³-hybridized carbons (Fsp3) is 0.529. The molecule has 3 aromatic rings. The number of nitro benzene ring substituents is 2. The molecular formula is C51H63Br3N2O14. The van der Waals surface area contributed by atoms with Gasteiger partial charge in [-0.1, -0.05) is 57.8 Å². The molecule has 1 N–H and O–H groups in total. The van der Waals surface area contributed by atoms with Crippen LogP contribution in [0.5, 0.6) is 17.2 Å². The Morgan fingerprint density at radius 2 is 1.20 bits per heavy atom. The predicted molar refractivity (Wildman–Crippen MR) is 274 cm³/mol. The standard InChI is InChI=1S/C17H22BrNO6.C17H19BrO2.C9H16O2.C8H6BrNO4/c1-24-14-9-13(19(22)23)11(8-12(14)18)16(20)15(17(21)25-2)10-6-4-3-5-7-10;1-20-17-10-13-9-16(19)14(7-12(13)8-15(17)18)11-5-3-2-4-6-11;1-11-9(10)7-8-5-3-2-4-6-8;1-14-8-3-7(10(12)13)5(4-11)2-6(8)9/h8-10,15-16,20H,3-7H2,1-2H3;7-8,10-11H,2-6,9H2,1H3;8H,2-7H2,1H3;2-4H,1H3. The summed E-state index contributed by atoms with van der Waals surface area (Å²) < 4.78 is 26.7. The number of fused-ring (bicyclic) bond motifs is 1. The van der Waals surface area contributed by atoms with Crippen LogP contribution in [0.2, 0.25) is 0 Å². The number of hydrogen-bond donors (Lipinski definition) is 1. The number of methoxy groups -OCH3 is 5. The van der Waals surface area contributed by atoms with Crippen LogP contribution in [0, 0.1) is 43.9 Å². The highest BCUT2D eigenvalue weighted by Crippen LogP contribution is 2.44. The van der Waals surface area contributed by atoms with Crippen LogP contribution >= 0.6 is 47.8 Å². The van der Waals surface area contributed by atoms with E-state index in [2.05, 4.69) is 64.7 Å². The molecule has 7 rings (SSSR count). The summed E-state index contributed by atoms with van der Waals surface area (Å²) in [5.41, 5.74) is 2.85. The molecule has 2 atom stereocenters. The van der Waals surface area contributed by atoms with Crippen LogP contribution in [0.15, 0.2) is 55.4 Å². The Hall–Kier alpha value is -4.72. The summed E-state index contributed by atoms with van der Waals surface area (Å²) in [6, 6.07) is 9.30. The zero-order valence-electron chi connectivity index (χ0n) is 40.3. The monoisotopic (exact) mass is 1160 g/mol. The van der Waals surface area contributed by atoms with E-state index in [9.17, 15) is 44.5 Å². The number of esters is 2. The van der Waals surface area contributed by atoms with Crippen LogP contribution in [-0.4, -0.2) is 74.5 Å². The summed E-state index contributed by atoms with van der Waals surface area (Å²) in [7, 11) is 7.18. The Bertz CT molecular complexity index is 2340. The first-order valence-electron chi connectivity index (χ1n) is 23.4. The molecular weight excluding hydrogens is 1100 g/mol. The quantitative estimate of drug-likeness (QED) is 0.0728. The maximum atomic E-state index is 12.4. The van der Waals surface area contributed by atoms with Crippen LogP contribution in [0.4, 0.5) is 11.4 Å². The van der Waals surface area contributed by atoms with Crippen LogP contribution < -0.4 is 14.2 Å². The van der Waals surface area contributed by atoms with Crippen molar-refractivity contribution in [2.75, 3.05) is 35.5 Å². The number of carbonyl (C=O) groups excluding carboxylic acids is 4. The molecule has 4 aliphatic rings. The van der Waals surface area contributed by atoms with Gasteiger partial charge in [0.25, 0.3) is 11.4 Å². The fourth-order valence-corrected chi connectivity index (χ4v) is 11.1. The minimum atomic E-state index is -1.32. The Morgan fingerprint density at radius 3 is 1.71 bits per heavy atom. The van der Waals surface area contributed by atoms with Gasteiger partial charge in [0.1, 0.15) is 17.2 Å². The van der Waals surface area contributed by atoms with Gasteiger partial charge < -0.3 is 28.8 Å². The average Bonchev–Trinajstić information content (AvgIpc) is 3.37. The second-order valence-corrected chi connectivity index (χ2v) is 20.2. The molecule has 0 spiro atoms. The first-order valence-corrected chi connectivity index (χ1v) is 25.8. The lowest BCUT2D eigenvalue weighted by atomic mass is 9.76. The third kappa shape index (κ3) is 16.2. The third-order valence-corrected chi connectivity index (χ3v) is 15.1. The van der Waals surface area contributed by atoms with E-state index in [1.54, 1.807) is 7.11 Å². The van der Waals surface area contributed by atoms with Gasteiger partial charge in [-0.25, -0.2) is 0 Å². The van der Waals surface area contributed by atoms with Crippen LogP contribution in [0.25, 0.3) is 6.08 Å². The number of Topliss-reactive ketones (excluding diaryl/α,β-unsaturated/α-hetero) is 1. The Balaban J connectivity index is 0.000000212. The second kappa shape index (κ2) is 29.0. The summed E-state index contributed by atoms with van der Waals surface area (Å²) in [6.07, 6.45) is 19.5. The molecule has 0 aliphatic heterocycles. The molecule has 0 aromatic heterocycles. The van der Waals surface area contributed by atoms with Gasteiger partial charge in [-0.05, 0) is 151 Å². The normalized spacial score (nSPS) is 16.9. The molecule has 3 fully saturated rings. The molecule has 19 heteroatoms. The van der Waals surface area contributed by atoms with Crippen molar-refractivity contribution >= 4 is 89.2 Å². The molecule has 0 amide bonds.